The zero-order valence-electron chi connectivity index (χ0n) is 6.90. The quantitative estimate of drug-likeness (QED) is 0.549. The van der Waals surface area contributed by atoms with Gasteiger partial charge in [-0.15, -0.1) is 0 Å². The third-order valence-corrected chi connectivity index (χ3v) is 1.39. The molecule has 0 saturated carbocycles. The molecule has 0 atom stereocenters. The third-order valence-electron chi connectivity index (χ3n) is 1.39. The summed E-state index contributed by atoms with van der Waals surface area (Å²) in [5.41, 5.74) is 0.739. The molecule has 0 bridgehead atoms. The van der Waals surface area contributed by atoms with Crippen LogP contribution in [0.4, 0.5) is 0 Å². The van der Waals surface area contributed by atoms with E-state index in [1.165, 1.54) is 0 Å². The van der Waals surface area contributed by atoms with Crippen molar-refractivity contribution in [3.8, 4) is 5.75 Å². The first-order valence-corrected chi connectivity index (χ1v) is 3.71. The molecule has 0 aliphatic carbocycles. The highest BCUT2D eigenvalue weighted by atomic mass is 16.6. The number of phenolic OH excluding ortho intramolecular Hbond substituents is 1. The first kappa shape index (κ1) is 8.59. The third kappa shape index (κ3) is 2.27. The summed E-state index contributed by atoms with van der Waals surface area (Å²) < 4.78 is 0. The summed E-state index contributed by atoms with van der Waals surface area (Å²) in [5, 5.41) is 12.9. The van der Waals surface area contributed by atoms with Gasteiger partial charge in [0.15, 0.2) is 0 Å². The predicted molar refractivity (Wildman–Crippen MR) is 47.1 cm³/mol. The van der Waals surface area contributed by atoms with Gasteiger partial charge in [-0.1, -0.05) is 23.4 Å². The maximum Gasteiger partial charge on any atom is 0.145 e. The Morgan fingerprint density at radius 2 is 2.25 bits per heavy atom. The van der Waals surface area contributed by atoms with Gasteiger partial charge in [0.05, 0.1) is 0 Å². The van der Waals surface area contributed by atoms with Gasteiger partial charge in [0.1, 0.15) is 12.4 Å². The maximum atomic E-state index is 9.28. The van der Waals surface area contributed by atoms with E-state index in [0.29, 0.717) is 6.61 Å². The monoisotopic (exact) mass is 165 g/mol. The number of hydrogen-bond acceptors (Lipinski definition) is 3. The van der Waals surface area contributed by atoms with E-state index >= 15 is 0 Å². The van der Waals surface area contributed by atoms with Gasteiger partial charge in [-0.05, 0) is 13.0 Å². The van der Waals surface area contributed by atoms with Crippen molar-refractivity contribution in [1.29, 1.82) is 0 Å². The molecule has 1 aromatic carbocycles. The summed E-state index contributed by atoms with van der Waals surface area (Å²) in [7, 11) is 0. The fourth-order valence-electron chi connectivity index (χ4n) is 0.814. The molecule has 0 heterocycles. The highest BCUT2D eigenvalue weighted by Gasteiger charge is 1.97. The number of benzene rings is 1. The zero-order valence-corrected chi connectivity index (χ0v) is 6.90. The minimum absolute atomic E-state index is 0.240. The summed E-state index contributed by atoms with van der Waals surface area (Å²) in [6.45, 7) is 2.07. The Kier molecular flexibility index (Phi) is 3.14. The van der Waals surface area contributed by atoms with Gasteiger partial charge in [-0.25, -0.2) is 0 Å². The Balaban J connectivity index is 2.57. The second kappa shape index (κ2) is 4.38. The smallest absolute Gasteiger partial charge is 0.145 e. The Labute approximate surface area is 71.3 Å². The summed E-state index contributed by atoms with van der Waals surface area (Å²) in [5.74, 6) is 0.240. The highest BCUT2D eigenvalue weighted by Crippen LogP contribution is 2.15. The molecule has 0 aromatic heterocycles. The van der Waals surface area contributed by atoms with Crippen molar-refractivity contribution in [2.24, 2.45) is 5.16 Å². The van der Waals surface area contributed by atoms with Crippen molar-refractivity contribution in [2.75, 3.05) is 0 Å². The molecule has 0 unspecified atom stereocenters. The number of nitrogens with zero attached hydrogens (tertiary/aromatic N) is 1. The summed E-state index contributed by atoms with van der Waals surface area (Å²) in [4.78, 5) is 4.86. The number of rotatable bonds is 3. The molecule has 12 heavy (non-hydrogen) atoms. The van der Waals surface area contributed by atoms with Crippen LogP contribution in [0.15, 0.2) is 29.4 Å². The van der Waals surface area contributed by atoms with Gasteiger partial charge in [-0.2, -0.15) is 0 Å². The summed E-state index contributed by atoms with van der Waals surface area (Å²) in [6, 6.07) is 7.02. The lowest BCUT2D eigenvalue weighted by atomic mass is 10.2. The van der Waals surface area contributed by atoms with Crippen molar-refractivity contribution in [1.82, 2.24) is 0 Å². The molecule has 0 saturated heterocycles. The topological polar surface area (TPSA) is 41.8 Å². The molecule has 64 valence electrons. The molecule has 0 spiro atoms. The molecule has 0 radical (unpaired) electrons. The first-order chi connectivity index (χ1) is 5.84. The Hall–Kier alpha value is -1.51. The van der Waals surface area contributed by atoms with Crippen molar-refractivity contribution < 1.29 is 9.94 Å². The molecule has 1 rings (SSSR count). The van der Waals surface area contributed by atoms with E-state index in [1.54, 1.807) is 31.3 Å². The van der Waals surface area contributed by atoms with Crippen molar-refractivity contribution >= 4 is 6.21 Å². The van der Waals surface area contributed by atoms with E-state index in [-0.39, 0.29) is 5.75 Å². The average Bonchev–Trinajstić information content (AvgIpc) is 2.09. The van der Waals surface area contributed by atoms with Crippen molar-refractivity contribution in [3.63, 3.8) is 0 Å². The number of oxime groups is 1. The minimum Gasteiger partial charge on any atom is -0.508 e. The summed E-state index contributed by atoms with van der Waals surface area (Å²) >= 11 is 0. The van der Waals surface area contributed by atoms with Gasteiger partial charge in [0, 0.05) is 11.8 Å². The van der Waals surface area contributed by atoms with Crippen LogP contribution in [-0.4, -0.2) is 11.3 Å². The van der Waals surface area contributed by atoms with E-state index in [2.05, 4.69) is 5.16 Å². The van der Waals surface area contributed by atoms with Crippen LogP contribution in [0, 0.1) is 0 Å². The Morgan fingerprint density at radius 1 is 1.50 bits per heavy atom. The second-order valence-corrected chi connectivity index (χ2v) is 2.27. The second-order valence-electron chi connectivity index (χ2n) is 2.27. The fourth-order valence-corrected chi connectivity index (χ4v) is 0.814. The van der Waals surface area contributed by atoms with E-state index in [9.17, 15) is 5.11 Å². The summed E-state index contributed by atoms with van der Waals surface area (Å²) in [6.07, 6.45) is 1.56. The minimum atomic E-state index is 0.240. The lowest BCUT2D eigenvalue weighted by Crippen LogP contribution is -1.86. The molecule has 0 fully saturated rings. The fraction of sp³-hybridized carbons (Fsp3) is 0.222. The van der Waals surface area contributed by atoms with Crippen LogP contribution in [0.2, 0.25) is 0 Å². The molecular weight excluding hydrogens is 154 g/mol. The lowest BCUT2D eigenvalue weighted by Gasteiger charge is -2.01. The standard InChI is InChI=1S/C9H11NO2/c1-2-10-12-7-8-5-3-4-6-9(8)11/h2-6,11H,7H2,1H3. The molecule has 0 aliphatic heterocycles. The van der Waals surface area contributed by atoms with Gasteiger partial charge in [0.25, 0.3) is 0 Å². The van der Waals surface area contributed by atoms with Crippen LogP contribution < -0.4 is 0 Å². The lowest BCUT2D eigenvalue weighted by molar-refractivity contribution is 0.130. The van der Waals surface area contributed by atoms with Crippen LogP contribution in [0.5, 0.6) is 5.75 Å². The van der Waals surface area contributed by atoms with Gasteiger partial charge in [-0.3, -0.25) is 0 Å². The van der Waals surface area contributed by atoms with E-state index in [4.69, 9.17) is 4.84 Å². The van der Waals surface area contributed by atoms with Gasteiger partial charge < -0.3 is 9.94 Å². The van der Waals surface area contributed by atoms with Crippen LogP contribution in [0.25, 0.3) is 0 Å². The average molecular weight is 165 g/mol. The normalized spacial score (nSPS) is 10.4. The highest BCUT2D eigenvalue weighted by molar-refractivity contribution is 5.52. The SMILES string of the molecule is CC=NOCc1ccccc1O. The number of aromatic hydroxyl groups is 1. The number of para-hydroxylation sites is 1. The molecular formula is C9H11NO2. The molecule has 1 N–H and O–H groups in total. The largest absolute Gasteiger partial charge is 0.508 e. The first-order valence-electron chi connectivity index (χ1n) is 3.71. The zero-order chi connectivity index (χ0) is 8.81. The van der Waals surface area contributed by atoms with E-state index in [1.807, 2.05) is 6.07 Å². The van der Waals surface area contributed by atoms with Crippen LogP contribution in [-0.2, 0) is 11.4 Å². The number of phenols is 1. The predicted octanol–water partition coefficient (Wildman–Crippen LogP) is 1.91. The van der Waals surface area contributed by atoms with Gasteiger partial charge >= 0.3 is 0 Å². The molecule has 0 amide bonds. The molecule has 0 aliphatic rings. The van der Waals surface area contributed by atoms with Gasteiger partial charge in [0.2, 0.25) is 0 Å². The molecule has 3 heteroatoms. The van der Waals surface area contributed by atoms with Crippen LogP contribution >= 0.6 is 0 Å². The molecule has 3 nitrogen and oxygen atoms in total. The van der Waals surface area contributed by atoms with Crippen molar-refractivity contribution in [2.45, 2.75) is 13.5 Å². The van der Waals surface area contributed by atoms with E-state index in [0.717, 1.165) is 5.56 Å². The van der Waals surface area contributed by atoms with Crippen LogP contribution in [0.3, 0.4) is 0 Å². The number of hydrogen-bond donors (Lipinski definition) is 1. The Bertz CT molecular complexity index is 271. The van der Waals surface area contributed by atoms with E-state index < -0.39 is 0 Å². The van der Waals surface area contributed by atoms with Crippen molar-refractivity contribution in [3.05, 3.63) is 29.8 Å². The Morgan fingerprint density at radius 3 is 2.92 bits per heavy atom. The van der Waals surface area contributed by atoms with Crippen LogP contribution in [0.1, 0.15) is 12.5 Å². The maximum absolute atomic E-state index is 9.28. The molecule has 1 aromatic rings.